The third-order valence-corrected chi connectivity index (χ3v) is 5.97. The first-order valence-electron chi connectivity index (χ1n) is 10.8. The molecule has 6 nitrogen and oxygen atoms in total. The number of benzene rings is 2. The van der Waals surface area contributed by atoms with Crippen molar-refractivity contribution in [2.24, 2.45) is 5.16 Å². The third kappa shape index (κ3) is 6.16. The average molecular weight is 495 g/mol. The zero-order valence-corrected chi connectivity index (χ0v) is 19.4. The Morgan fingerprint density at radius 3 is 2.41 bits per heavy atom. The van der Waals surface area contributed by atoms with E-state index in [1.165, 1.54) is 5.69 Å². The number of halogens is 1. The van der Waals surface area contributed by atoms with Gasteiger partial charge in [-0.2, -0.15) is 0 Å². The van der Waals surface area contributed by atoms with Crippen molar-refractivity contribution < 1.29 is 9.94 Å². The number of hydrogen-bond acceptors (Lipinski definition) is 6. The molecule has 1 N–H and O–H groups in total. The minimum Gasteiger partial charge on any atom is -0.392 e. The van der Waals surface area contributed by atoms with E-state index in [0.717, 1.165) is 41.8 Å². The van der Waals surface area contributed by atoms with E-state index in [-0.39, 0.29) is 6.61 Å². The lowest BCUT2D eigenvalue weighted by atomic mass is 10.0. The van der Waals surface area contributed by atoms with Crippen LogP contribution in [0.3, 0.4) is 0 Å². The summed E-state index contributed by atoms with van der Waals surface area (Å²) in [6, 6.07) is 22.1. The summed E-state index contributed by atoms with van der Waals surface area (Å²) in [7, 11) is 0. The van der Waals surface area contributed by atoms with Gasteiger partial charge < -0.3 is 14.8 Å². The predicted molar refractivity (Wildman–Crippen MR) is 131 cm³/mol. The van der Waals surface area contributed by atoms with Gasteiger partial charge in [0.05, 0.1) is 0 Å². The van der Waals surface area contributed by atoms with Gasteiger partial charge >= 0.3 is 0 Å². The standard InChI is InChI=1S/C25H27BrN4O2/c26-22-10-8-20(9-11-22)25(21-5-4-12-27-17-21)28-32-19-24(31)18-29-13-15-30(16-14-29)23-6-2-1-3-7-23/h1-12,17,24,31H,13-16,18-19H2. The number of oxime groups is 1. The highest BCUT2D eigenvalue weighted by Crippen LogP contribution is 2.17. The Bertz CT molecular complexity index is 991. The Morgan fingerprint density at radius 1 is 0.969 bits per heavy atom. The summed E-state index contributed by atoms with van der Waals surface area (Å²) in [4.78, 5) is 14.4. The molecule has 7 heteroatoms. The molecule has 1 atom stereocenters. The number of piperazine rings is 1. The Balaban J connectivity index is 1.31. The molecule has 2 aromatic carbocycles. The first-order chi connectivity index (χ1) is 15.7. The fraction of sp³-hybridized carbons (Fsp3) is 0.280. The summed E-state index contributed by atoms with van der Waals surface area (Å²) >= 11 is 3.46. The molecule has 1 aliphatic rings. The SMILES string of the molecule is OC(CON=C(c1ccc(Br)cc1)c1cccnc1)CN1CCN(c2ccccc2)CC1. The van der Waals surface area contributed by atoms with Crippen molar-refractivity contribution in [1.29, 1.82) is 0 Å². The summed E-state index contributed by atoms with van der Waals surface area (Å²) in [5.41, 5.74) is 3.73. The largest absolute Gasteiger partial charge is 0.392 e. The molecule has 0 bridgehead atoms. The summed E-state index contributed by atoms with van der Waals surface area (Å²) in [5, 5.41) is 14.9. The number of anilines is 1. The first-order valence-corrected chi connectivity index (χ1v) is 11.5. The van der Waals surface area contributed by atoms with E-state index in [2.05, 4.69) is 60.1 Å². The zero-order chi connectivity index (χ0) is 22.2. The lowest BCUT2D eigenvalue weighted by molar-refractivity contribution is 0.0182. The van der Waals surface area contributed by atoms with Crippen molar-refractivity contribution in [3.63, 3.8) is 0 Å². The molecule has 0 aliphatic carbocycles. The molecule has 166 valence electrons. The van der Waals surface area contributed by atoms with Gasteiger partial charge in [0.25, 0.3) is 0 Å². The van der Waals surface area contributed by atoms with Crippen LogP contribution in [-0.2, 0) is 4.84 Å². The van der Waals surface area contributed by atoms with Crippen molar-refractivity contribution in [2.75, 3.05) is 44.2 Å². The number of pyridine rings is 1. The zero-order valence-electron chi connectivity index (χ0n) is 17.8. The van der Waals surface area contributed by atoms with Crippen LogP contribution in [0.5, 0.6) is 0 Å². The Kier molecular flexibility index (Phi) is 7.87. The van der Waals surface area contributed by atoms with Gasteiger partial charge in [-0.1, -0.05) is 51.4 Å². The van der Waals surface area contributed by atoms with Crippen LogP contribution in [0.15, 0.2) is 88.8 Å². The molecule has 0 amide bonds. The maximum absolute atomic E-state index is 10.5. The molecular formula is C25H27BrN4O2. The van der Waals surface area contributed by atoms with Crippen molar-refractivity contribution in [3.8, 4) is 0 Å². The minimum absolute atomic E-state index is 0.138. The van der Waals surface area contributed by atoms with Gasteiger partial charge in [0, 0.05) is 66.4 Å². The monoisotopic (exact) mass is 494 g/mol. The van der Waals surface area contributed by atoms with Crippen LogP contribution in [0.25, 0.3) is 0 Å². The van der Waals surface area contributed by atoms with E-state index in [1.807, 2.05) is 42.5 Å². The van der Waals surface area contributed by atoms with Crippen LogP contribution in [0, 0.1) is 0 Å². The maximum atomic E-state index is 10.5. The van der Waals surface area contributed by atoms with Crippen molar-refractivity contribution in [1.82, 2.24) is 9.88 Å². The van der Waals surface area contributed by atoms with Crippen LogP contribution in [0.4, 0.5) is 5.69 Å². The molecule has 1 fully saturated rings. The van der Waals surface area contributed by atoms with E-state index in [1.54, 1.807) is 12.4 Å². The molecule has 4 rings (SSSR count). The fourth-order valence-corrected chi connectivity index (χ4v) is 4.01. The van der Waals surface area contributed by atoms with Crippen molar-refractivity contribution in [2.45, 2.75) is 6.10 Å². The molecule has 0 radical (unpaired) electrons. The first kappa shape index (κ1) is 22.5. The second kappa shape index (κ2) is 11.2. The van der Waals surface area contributed by atoms with Crippen LogP contribution >= 0.6 is 15.9 Å². The van der Waals surface area contributed by atoms with Gasteiger partial charge in [0.1, 0.15) is 18.4 Å². The number of hydrogen-bond donors (Lipinski definition) is 1. The number of rotatable bonds is 8. The average Bonchev–Trinajstić information content (AvgIpc) is 2.84. The van der Waals surface area contributed by atoms with E-state index < -0.39 is 6.10 Å². The molecule has 1 aliphatic heterocycles. The highest BCUT2D eigenvalue weighted by molar-refractivity contribution is 9.10. The summed E-state index contributed by atoms with van der Waals surface area (Å²) in [6.45, 7) is 4.43. The number of aromatic nitrogens is 1. The molecule has 1 aromatic heterocycles. The minimum atomic E-state index is -0.609. The third-order valence-electron chi connectivity index (χ3n) is 5.44. The highest BCUT2D eigenvalue weighted by Gasteiger charge is 2.20. The fourth-order valence-electron chi connectivity index (χ4n) is 3.75. The molecule has 0 saturated carbocycles. The molecule has 1 unspecified atom stereocenters. The Labute approximate surface area is 197 Å². The molecule has 2 heterocycles. The van der Waals surface area contributed by atoms with Gasteiger partial charge in [-0.15, -0.1) is 0 Å². The predicted octanol–water partition coefficient (Wildman–Crippen LogP) is 3.80. The number of aliphatic hydroxyl groups excluding tert-OH is 1. The Hall–Kier alpha value is -2.74. The van der Waals surface area contributed by atoms with Gasteiger partial charge in [-0.05, 0) is 36.4 Å². The second-order valence-electron chi connectivity index (χ2n) is 7.76. The molecule has 3 aromatic rings. The summed E-state index contributed by atoms with van der Waals surface area (Å²) in [6.07, 6.45) is 2.87. The van der Waals surface area contributed by atoms with Gasteiger partial charge in [0.15, 0.2) is 0 Å². The molecular weight excluding hydrogens is 468 g/mol. The van der Waals surface area contributed by atoms with Crippen LogP contribution < -0.4 is 4.90 Å². The molecule has 1 saturated heterocycles. The Morgan fingerprint density at radius 2 is 1.72 bits per heavy atom. The lowest BCUT2D eigenvalue weighted by Gasteiger charge is -2.36. The van der Waals surface area contributed by atoms with E-state index >= 15 is 0 Å². The van der Waals surface area contributed by atoms with Gasteiger partial charge in [-0.25, -0.2) is 0 Å². The number of nitrogens with zero attached hydrogens (tertiary/aromatic N) is 4. The van der Waals surface area contributed by atoms with Crippen LogP contribution in [0.1, 0.15) is 11.1 Å². The number of para-hydroxylation sites is 1. The van der Waals surface area contributed by atoms with E-state index in [9.17, 15) is 5.11 Å². The van der Waals surface area contributed by atoms with Gasteiger partial charge in [-0.3, -0.25) is 9.88 Å². The quantitative estimate of drug-likeness (QED) is 0.381. The number of β-amino-alcohol motifs (C(OH)–C–C–N with tert-alkyl or cyclic N) is 1. The molecule has 32 heavy (non-hydrogen) atoms. The second-order valence-corrected chi connectivity index (χ2v) is 8.68. The summed E-state index contributed by atoms with van der Waals surface area (Å²) in [5.74, 6) is 0. The molecule has 0 spiro atoms. The van der Waals surface area contributed by atoms with Gasteiger partial charge in [0.2, 0.25) is 0 Å². The highest BCUT2D eigenvalue weighted by atomic mass is 79.9. The van der Waals surface area contributed by atoms with E-state index in [4.69, 9.17) is 4.84 Å². The topological polar surface area (TPSA) is 61.2 Å². The number of aliphatic hydroxyl groups is 1. The van der Waals surface area contributed by atoms with Crippen molar-refractivity contribution in [3.05, 3.63) is 94.7 Å². The maximum Gasteiger partial charge on any atom is 0.144 e. The van der Waals surface area contributed by atoms with E-state index in [0.29, 0.717) is 12.3 Å². The van der Waals surface area contributed by atoms with Crippen molar-refractivity contribution >= 4 is 27.3 Å². The summed E-state index contributed by atoms with van der Waals surface area (Å²) < 4.78 is 0.996. The normalized spacial score (nSPS) is 16.1. The smallest absolute Gasteiger partial charge is 0.144 e. The van der Waals surface area contributed by atoms with Crippen LogP contribution in [0.2, 0.25) is 0 Å². The lowest BCUT2D eigenvalue weighted by Crippen LogP contribution is -2.49. The van der Waals surface area contributed by atoms with Crippen LogP contribution in [-0.4, -0.2) is 66.1 Å².